The Morgan fingerprint density at radius 2 is 2.07 bits per heavy atom. The first kappa shape index (κ1) is 17.3. The first-order valence-electron chi connectivity index (χ1n) is 8.43. The second-order valence-corrected chi connectivity index (χ2v) is 5.92. The quantitative estimate of drug-likeness (QED) is 0.503. The molecule has 4 rings (SSSR count). The van der Waals surface area contributed by atoms with Crippen LogP contribution in [0.4, 0.5) is 17.3 Å². The van der Waals surface area contributed by atoms with E-state index in [9.17, 15) is 4.79 Å². The van der Waals surface area contributed by atoms with Crippen LogP contribution in [0.1, 0.15) is 0 Å². The summed E-state index contributed by atoms with van der Waals surface area (Å²) in [5.74, 6) is 1.17. The van der Waals surface area contributed by atoms with Gasteiger partial charge in [-0.3, -0.25) is 9.48 Å². The maximum Gasteiger partial charge on any atom is 0.247 e. The number of benzene rings is 1. The summed E-state index contributed by atoms with van der Waals surface area (Å²) < 4.78 is 9.23. The van der Waals surface area contributed by atoms with Crippen LogP contribution in [0.2, 0.25) is 0 Å². The second-order valence-electron chi connectivity index (χ2n) is 5.92. The third kappa shape index (κ3) is 3.68. The van der Waals surface area contributed by atoms with Crippen molar-refractivity contribution in [3.63, 3.8) is 0 Å². The number of carbonyl (C=O) groups excluding carboxylic acids is 1. The van der Waals surface area contributed by atoms with Crippen molar-refractivity contribution in [2.45, 2.75) is 0 Å². The zero-order chi connectivity index (χ0) is 19.5. The van der Waals surface area contributed by atoms with Crippen molar-refractivity contribution in [3.05, 3.63) is 67.5 Å². The van der Waals surface area contributed by atoms with Gasteiger partial charge in [-0.2, -0.15) is 14.6 Å². The van der Waals surface area contributed by atoms with Gasteiger partial charge in [0.1, 0.15) is 5.75 Å². The summed E-state index contributed by atoms with van der Waals surface area (Å²) in [6.07, 6.45) is 4.72. The SMILES string of the molecule is C=CC(=O)Nc1cccc(Oc2cccc3nc(Nc4cnn(C)c4)nn23)c1. The van der Waals surface area contributed by atoms with E-state index in [0.29, 0.717) is 28.9 Å². The van der Waals surface area contributed by atoms with Gasteiger partial charge in [-0.05, 0) is 24.3 Å². The summed E-state index contributed by atoms with van der Waals surface area (Å²) in [7, 11) is 1.83. The van der Waals surface area contributed by atoms with E-state index in [1.807, 2.05) is 25.4 Å². The molecule has 3 aromatic heterocycles. The molecule has 0 aliphatic heterocycles. The number of nitrogens with one attached hydrogen (secondary N) is 2. The highest BCUT2D eigenvalue weighted by atomic mass is 16.5. The molecule has 0 aliphatic rings. The van der Waals surface area contributed by atoms with Crippen molar-refractivity contribution in [2.24, 2.45) is 7.05 Å². The summed E-state index contributed by atoms with van der Waals surface area (Å²) in [6.45, 7) is 3.44. The average Bonchev–Trinajstić information content (AvgIpc) is 3.28. The molecule has 0 saturated carbocycles. The number of amides is 1. The van der Waals surface area contributed by atoms with Crippen LogP contribution in [0.3, 0.4) is 0 Å². The Kier molecular flexibility index (Phi) is 4.47. The molecule has 0 saturated heterocycles. The number of rotatable bonds is 6. The molecule has 140 valence electrons. The standard InChI is InChI=1S/C19H17N7O2/c1-3-17(27)21-13-6-4-7-15(10-13)28-18-9-5-8-16-23-19(24-26(16)18)22-14-11-20-25(2)12-14/h3-12H,1H2,2H3,(H,21,27)(H,22,24). The highest BCUT2D eigenvalue weighted by Gasteiger charge is 2.10. The van der Waals surface area contributed by atoms with Gasteiger partial charge in [-0.1, -0.05) is 18.7 Å². The molecule has 0 aliphatic carbocycles. The molecule has 3 heterocycles. The number of aryl methyl sites for hydroxylation is 1. The molecule has 0 spiro atoms. The normalized spacial score (nSPS) is 10.6. The minimum Gasteiger partial charge on any atom is -0.439 e. The van der Waals surface area contributed by atoms with Gasteiger partial charge >= 0.3 is 0 Å². The lowest BCUT2D eigenvalue weighted by Gasteiger charge is -2.08. The number of anilines is 3. The number of pyridine rings is 1. The van der Waals surface area contributed by atoms with Crippen LogP contribution >= 0.6 is 0 Å². The zero-order valence-corrected chi connectivity index (χ0v) is 15.0. The Bertz CT molecular complexity index is 1160. The fourth-order valence-corrected chi connectivity index (χ4v) is 2.58. The van der Waals surface area contributed by atoms with Crippen molar-refractivity contribution in [1.29, 1.82) is 0 Å². The van der Waals surface area contributed by atoms with Crippen LogP contribution in [-0.4, -0.2) is 30.3 Å². The molecule has 1 aromatic carbocycles. The third-order valence-corrected chi connectivity index (χ3v) is 3.80. The van der Waals surface area contributed by atoms with Gasteiger partial charge in [0, 0.05) is 31.1 Å². The molecule has 4 aromatic rings. The summed E-state index contributed by atoms with van der Waals surface area (Å²) in [6, 6.07) is 12.5. The van der Waals surface area contributed by atoms with Crippen molar-refractivity contribution >= 4 is 28.9 Å². The molecule has 28 heavy (non-hydrogen) atoms. The lowest BCUT2D eigenvalue weighted by atomic mass is 10.3. The van der Waals surface area contributed by atoms with Gasteiger partial charge in [-0.15, -0.1) is 5.10 Å². The highest BCUT2D eigenvalue weighted by Crippen LogP contribution is 2.25. The monoisotopic (exact) mass is 375 g/mol. The molecule has 0 radical (unpaired) electrons. The molecular weight excluding hydrogens is 358 g/mol. The topological polar surface area (TPSA) is 98.4 Å². The molecule has 9 heteroatoms. The van der Waals surface area contributed by atoms with E-state index in [0.717, 1.165) is 5.69 Å². The predicted octanol–water partition coefficient (Wildman–Crippen LogP) is 3.12. The molecular formula is C19H17N7O2. The fraction of sp³-hybridized carbons (Fsp3) is 0.0526. The summed E-state index contributed by atoms with van der Waals surface area (Å²) >= 11 is 0. The summed E-state index contributed by atoms with van der Waals surface area (Å²) in [5, 5.41) is 14.4. The Labute approximate surface area is 160 Å². The Morgan fingerprint density at radius 3 is 2.86 bits per heavy atom. The minimum absolute atomic E-state index is 0.290. The number of hydrogen-bond donors (Lipinski definition) is 2. The van der Waals surface area contributed by atoms with E-state index in [2.05, 4.69) is 32.4 Å². The Hall–Kier alpha value is -4.14. The van der Waals surface area contributed by atoms with Crippen LogP contribution in [0.25, 0.3) is 5.65 Å². The van der Waals surface area contributed by atoms with Gasteiger partial charge < -0.3 is 15.4 Å². The number of fused-ring (bicyclic) bond motifs is 1. The van der Waals surface area contributed by atoms with Crippen LogP contribution in [-0.2, 0) is 11.8 Å². The second kappa shape index (κ2) is 7.23. The van der Waals surface area contributed by atoms with Crippen molar-refractivity contribution < 1.29 is 9.53 Å². The largest absolute Gasteiger partial charge is 0.439 e. The maximum atomic E-state index is 11.5. The van der Waals surface area contributed by atoms with Gasteiger partial charge in [-0.25, -0.2) is 0 Å². The van der Waals surface area contributed by atoms with E-state index >= 15 is 0 Å². The van der Waals surface area contributed by atoms with Crippen LogP contribution in [0.5, 0.6) is 11.6 Å². The Morgan fingerprint density at radius 1 is 1.21 bits per heavy atom. The van der Waals surface area contributed by atoms with E-state index in [1.165, 1.54) is 6.08 Å². The van der Waals surface area contributed by atoms with E-state index in [1.54, 1.807) is 45.7 Å². The first-order chi connectivity index (χ1) is 13.6. The van der Waals surface area contributed by atoms with E-state index in [4.69, 9.17) is 4.74 Å². The van der Waals surface area contributed by atoms with Gasteiger partial charge in [0.15, 0.2) is 5.65 Å². The van der Waals surface area contributed by atoms with Gasteiger partial charge in [0.2, 0.25) is 17.7 Å². The maximum absolute atomic E-state index is 11.5. The zero-order valence-electron chi connectivity index (χ0n) is 15.0. The molecule has 0 atom stereocenters. The van der Waals surface area contributed by atoms with Gasteiger partial charge in [0.05, 0.1) is 11.9 Å². The molecule has 0 bridgehead atoms. The van der Waals surface area contributed by atoms with E-state index in [-0.39, 0.29) is 5.91 Å². The highest BCUT2D eigenvalue weighted by molar-refractivity contribution is 5.98. The fourth-order valence-electron chi connectivity index (χ4n) is 2.58. The smallest absolute Gasteiger partial charge is 0.247 e. The number of carbonyl (C=O) groups is 1. The van der Waals surface area contributed by atoms with Crippen LogP contribution < -0.4 is 15.4 Å². The van der Waals surface area contributed by atoms with Crippen molar-refractivity contribution in [3.8, 4) is 11.6 Å². The van der Waals surface area contributed by atoms with Crippen molar-refractivity contribution in [2.75, 3.05) is 10.6 Å². The number of hydrogen-bond acceptors (Lipinski definition) is 6. The number of ether oxygens (including phenoxy) is 1. The molecule has 0 fully saturated rings. The molecule has 9 nitrogen and oxygen atoms in total. The Balaban J connectivity index is 1.59. The third-order valence-electron chi connectivity index (χ3n) is 3.80. The first-order valence-corrected chi connectivity index (χ1v) is 8.43. The van der Waals surface area contributed by atoms with Crippen LogP contribution in [0, 0.1) is 0 Å². The molecule has 0 unspecified atom stereocenters. The minimum atomic E-state index is -0.290. The number of nitrogens with zero attached hydrogens (tertiary/aromatic N) is 5. The summed E-state index contributed by atoms with van der Waals surface area (Å²) in [4.78, 5) is 15.9. The summed E-state index contributed by atoms with van der Waals surface area (Å²) in [5.41, 5.74) is 2.01. The lowest BCUT2D eigenvalue weighted by Crippen LogP contribution is -2.07. The average molecular weight is 375 g/mol. The van der Waals surface area contributed by atoms with Crippen molar-refractivity contribution in [1.82, 2.24) is 24.4 Å². The van der Waals surface area contributed by atoms with E-state index < -0.39 is 0 Å². The molecule has 2 N–H and O–H groups in total. The number of aromatic nitrogens is 5. The molecule has 1 amide bonds. The van der Waals surface area contributed by atoms with Crippen LogP contribution in [0.15, 0.2) is 67.5 Å². The van der Waals surface area contributed by atoms with Gasteiger partial charge in [0.25, 0.3) is 0 Å². The lowest BCUT2D eigenvalue weighted by molar-refractivity contribution is -0.111. The predicted molar refractivity (Wildman–Crippen MR) is 105 cm³/mol.